The van der Waals surface area contributed by atoms with Gasteiger partial charge in [0, 0.05) is 23.8 Å². The topological polar surface area (TPSA) is 92.9 Å². The zero-order valence-electron chi connectivity index (χ0n) is 16.4. The molecule has 9 heteroatoms. The molecule has 3 aromatic rings. The lowest BCUT2D eigenvalue weighted by Gasteiger charge is -2.14. The van der Waals surface area contributed by atoms with E-state index in [-0.39, 0.29) is 11.9 Å². The van der Waals surface area contributed by atoms with Crippen molar-refractivity contribution in [1.82, 2.24) is 9.97 Å². The van der Waals surface area contributed by atoms with Gasteiger partial charge in [-0.1, -0.05) is 18.2 Å². The Morgan fingerprint density at radius 2 is 1.90 bits per heavy atom. The van der Waals surface area contributed by atoms with Gasteiger partial charge in [0.2, 0.25) is 5.91 Å². The molecule has 31 heavy (non-hydrogen) atoms. The highest BCUT2D eigenvalue weighted by Crippen LogP contribution is 2.30. The molecule has 1 amide bonds. The third kappa shape index (κ3) is 5.00. The zero-order valence-corrected chi connectivity index (χ0v) is 16.4. The highest BCUT2D eigenvalue weighted by molar-refractivity contribution is 5.99. The fourth-order valence-electron chi connectivity index (χ4n) is 3.42. The number of nitrogens with zero attached hydrogens (tertiary/aromatic N) is 2. The van der Waals surface area contributed by atoms with Crippen LogP contribution in [-0.2, 0) is 23.8 Å². The number of fused-ring (bicyclic) bond motifs is 1. The van der Waals surface area contributed by atoms with Crippen LogP contribution in [0.4, 0.5) is 24.7 Å². The van der Waals surface area contributed by atoms with Crippen LogP contribution in [0.15, 0.2) is 54.9 Å². The second-order valence-corrected chi connectivity index (χ2v) is 7.43. The van der Waals surface area contributed by atoms with Crippen molar-refractivity contribution >= 4 is 17.4 Å². The number of rotatable bonds is 6. The molecule has 0 saturated carbocycles. The second kappa shape index (κ2) is 8.35. The summed E-state index contributed by atoms with van der Waals surface area (Å²) in [7, 11) is 0. The molecule has 6 nitrogen and oxygen atoms in total. The second-order valence-electron chi connectivity index (χ2n) is 7.43. The molecule has 0 saturated heterocycles. The minimum absolute atomic E-state index is 0.0318. The quantitative estimate of drug-likeness (QED) is 0.559. The summed E-state index contributed by atoms with van der Waals surface area (Å²) in [5.74, 6) is 0.505. The van der Waals surface area contributed by atoms with Crippen LogP contribution < -0.4 is 16.4 Å². The molecule has 0 fully saturated rings. The Labute approximate surface area is 176 Å². The van der Waals surface area contributed by atoms with E-state index in [0.717, 1.165) is 34.5 Å². The van der Waals surface area contributed by atoms with Crippen LogP contribution in [0.25, 0.3) is 11.3 Å². The summed E-state index contributed by atoms with van der Waals surface area (Å²) >= 11 is 0. The van der Waals surface area contributed by atoms with Crippen molar-refractivity contribution in [2.24, 2.45) is 5.73 Å². The largest absolute Gasteiger partial charge is 0.416 e. The maximum Gasteiger partial charge on any atom is 0.416 e. The first-order valence-corrected chi connectivity index (χ1v) is 9.69. The number of anilines is 2. The van der Waals surface area contributed by atoms with Gasteiger partial charge in [-0.05, 0) is 41.8 Å². The van der Waals surface area contributed by atoms with E-state index < -0.39 is 11.7 Å². The third-order valence-electron chi connectivity index (χ3n) is 4.99. The Morgan fingerprint density at radius 3 is 2.65 bits per heavy atom. The zero-order chi connectivity index (χ0) is 22.0. The summed E-state index contributed by atoms with van der Waals surface area (Å²) < 4.78 is 38.0. The summed E-state index contributed by atoms with van der Waals surface area (Å²) in [5, 5.41) is 5.92. The van der Waals surface area contributed by atoms with Crippen LogP contribution >= 0.6 is 0 Å². The number of hydrogen-bond acceptors (Lipinski definition) is 5. The predicted octanol–water partition coefficient (Wildman–Crippen LogP) is 3.64. The van der Waals surface area contributed by atoms with Gasteiger partial charge in [-0.3, -0.25) is 9.78 Å². The SMILES string of the molecule is N[C@@H](CNc1cncc(-c2ccc3c(c2)CC(=O)N3)n1)Cc1ccc(C(F)(F)F)cc1. The fraction of sp³-hybridized carbons (Fsp3) is 0.227. The molecule has 1 atom stereocenters. The summed E-state index contributed by atoms with van der Waals surface area (Å²) in [6, 6.07) is 10.3. The van der Waals surface area contributed by atoms with Gasteiger partial charge in [-0.15, -0.1) is 0 Å². The van der Waals surface area contributed by atoms with Crippen molar-refractivity contribution in [3.63, 3.8) is 0 Å². The maximum atomic E-state index is 12.7. The number of amides is 1. The van der Waals surface area contributed by atoms with E-state index in [2.05, 4.69) is 20.6 Å². The van der Waals surface area contributed by atoms with Gasteiger partial charge in [0.15, 0.2) is 0 Å². The molecule has 160 valence electrons. The van der Waals surface area contributed by atoms with Gasteiger partial charge < -0.3 is 16.4 Å². The van der Waals surface area contributed by atoms with Crippen LogP contribution in [0.5, 0.6) is 0 Å². The van der Waals surface area contributed by atoms with Gasteiger partial charge in [-0.25, -0.2) is 4.98 Å². The van der Waals surface area contributed by atoms with Crippen molar-refractivity contribution in [3.8, 4) is 11.3 Å². The van der Waals surface area contributed by atoms with Crippen LogP contribution in [0.1, 0.15) is 16.7 Å². The number of nitrogens with one attached hydrogen (secondary N) is 2. The Morgan fingerprint density at radius 1 is 1.13 bits per heavy atom. The number of nitrogens with two attached hydrogens (primary N) is 1. The Bertz CT molecular complexity index is 1100. The van der Waals surface area contributed by atoms with E-state index in [1.165, 1.54) is 12.1 Å². The molecule has 4 rings (SSSR count). The van der Waals surface area contributed by atoms with Crippen molar-refractivity contribution in [1.29, 1.82) is 0 Å². The predicted molar refractivity (Wildman–Crippen MR) is 111 cm³/mol. The fourth-order valence-corrected chi connectivity index (χ4v) is 3.42. The molecule has 1 aliphatic rings. The third-order valence-corrected chi connectivity index (χ3v) is 4.99. The number of carbonyl (C=O) groups is 1. The number of aromatic nitrogens is 2. The van der Waals surface area contributed by atoms with E-state index in [9.17, 15) is 18.0 Å². The average molecular weight is 427 g/mol. The lowest BCUT2D eigenvalue weighted by Crippen LogP contribution is -2.31. The molecule has 0 spiro atoms. The molecule has 0 aliphatic carbocycles. The van der Waals surface area contributed by atoms with Crippen LogP contribution in [-0.4, -0.2) is 28.5 Å². The molecule has 4 N–H and O–H groups in total. The van der Waals surface area contributed by atoms with Crippen molar-refractivity contribution in [2.45, 2.75) is 25.1 Å². The first-order chi connectivity index (χ1) is 14.8. The van der Waals surface area contributed by atoms with E-state index in [1.807, 2.05) is 18.2 Å². The Hall–Kier alpha value is -3.46. The number of hydrogen-bond donors (Lipinski definition) is 3. The Kier molecular flexibility index (Phi) is 5.60. The number of carbonyl (C=O) groups excluding carboxylic acids is 1. The van der Waals surface area contributed by atoms with Crippen molar-refractivity contribution in [2.75, 3.05) is 17.2 Å². The average Bonchev–Trinajstić information content (AvgIpc) is 3.11. The smallest absolute Gasteiger partial charge is 0.367 e. The summed E-state index contributed by atoms with van der Waals surface area (Å²) in [6.45, 7) is 0.377. The number of alkyl halides is 3. The Balaban J connectivity index is 1.37. The van der Waals surface area contributed by atoms with Crippen LogP contribution in [0.3, 0.4) is 0 Å². The minimum Gasteiger partial charge on any atom is -0.367 e. The van der Waals surface area contributed by atoms with Gasteiger partial charge in [0.05, 0.1) is 30.1 Å². The highest BCUT2D eigenvalue weighted by Gasteiger charge is 2.30. The minimum atomic E-state index is -4.35. The summed E-state index contributed by atoms with van der Waals surface area (Å²) in [5.41, 5.74) is 9.41. The molecule has 2 aromatic carbocycles. The summed E-state index contributed by atoms with van der Waals surface area (Å²) in [4.78, 5) is 20.3. The number of benzene rings is 2. The van der Waals surface area contributed by atoms with E-state index in [1.54, 1.807) is 12.4 Å². The van der Waals surface area contributed by atoms with Crippen LogP contribution in [0, 0.1) is 0 Å². The molecule has 1 aliphatic heterocycles. The highest BCUT2D eigenvalue weighted by atomic mass is 19.4. The van der Waals surface area contributed by atoms with E-state index >= 15 is 0 Å². The van der Waals surface area contributed by atoms with Gasteiger partial charge in [-0.2, -0.15) is 13.2 Å². The first-order valence-electron chi connectivity index (χ1n) is 9.69. The van der Waals surface area contributed by atoms with Crippen LogP contribution in [0.2, 0.25) is 0 Å². The lowest BCUT2D eigenvalue weighted by atomic mass is 10.0. The molecule has 1 aromatic heterocycles. The van der Waals surface area contributed by atoms with E-state index in [4.69, 9.17) is 5.73 Å². The summed E-state index contributed by atoms with van der Waals surface area (Å²) in [6.07, 6.45) is -0.375. The van der Waals surface area contributed by atoms with E-state index in [0.29, 0.717) is 30.9 Å². The standard InChI is InChI=1S/C22H20F3N5O/c23-22(24,25)16-4-1-13(2-5-16)7-17(26)10-28-20-12-27-11-19(29-20)14-3-6-18-15(8-14)9-21(31)30-18/h1-6,8,11-12,17H,7,9-10,26H2,(H,28,29)(H,30,31)/t17-/m1/s1. The number of halogens is 3. The molecule has 0 unspecified atom stereocenters. The maximum absolute atomic E-state index is 12.7. The molecule has 0 bridgehead atoms. The van der Waals surface area contributed by atoms with Gasteiger partial charge in [0.1, 0.15) is 5.82 Å². The van der Waals surface area contributed by atoms with Gasteiger partial charge >= 0.3 is 6.18 Å². The monoisotopic (exact) mass is 427 g/mol. The van der Waals surface area contributed by atoms with Crippen molar-refractivity contribution in [3.05, 3.63) is 71.5 Å². The molecule has 2 heterocycles. The van der Waals surface area contributed by atoms with Gasteiger partial charge in [0.25, 0.3) is 0 Å². The molecular weight excluding hydrogens is 407 g/mol. The van der Waals surface area contributed by atoms with Crippen molar-refractivity contribution < 1.29 is 18.0 Å². The molecule has 0 radical (unpaired) electrons. The normalized spacial score (nSPS) is 14.1. The first kappa shape index (κ1) is 20.8. The lowest BCUT2D eigenvalue weighted by molar-refractivity contribution is -0.137. The molecular formula is C22H20F3N5O.